The van der Waals surface area contributed by atoms with Crippen molar-refractivity contribution in [2.75, 3.05) is 6.54 Å². The lowest BCUT2D eigenvalue weighted by molar-refractivity contribution is -0.139. The number of aliphatic carboxylic acids is 1. The second-order valence-corrected chi connectivity index (χ2v) is 3.98. The van der Waals surface area contributed by atoms with Crippen LogP contribution in [0.5, 0.6) is 0 Å². The van der Waals surface area contributed by atoms with Crippen molar-refractivity contribution < 1.29 is 14.7 Å². The fourth-order valence-electron chi connectivity index (χ4n) is 1.31. The molecule has 0 spiro atoms. The van der Waals surface area contributed by atoms with E-state index in [0.717, 1.165) is 19.3 Å². The monoisotopic (exact) mass is 214 g/mol. The van der Waals surface area contributed by atoms with Crippen molar-refractivity contribution in [2.45, 2.75) is 38.6 Å². The molecule has 0 heterocycles. The Hall–Kier alpha value is -1.26. The van der Waals surface area contributed by atoms with Crippen LogP contribution in [0.15, 0.2) is 0 Å². The summed E-state index contributed by atoms with van der Waals surface area (Å²) in [6.07, 6.45) is 3.53. The van der Waals surface area contributed by atoms with Crippen LogP contribution in [-0.2, 0) is 4.79 Å². The summed E-state index contributed by atoms with van der Waals surface area (Å²) in [5.41, 5.74) is 0. The molecule has 0 aromatic heterocycles. The summed E-state index contributed by atoms with van der Waals surface area (Å²) in [6, 6.07) is -1.14. The standard InChI is InChI=1S/C10H18N2O3/c1-2-3-8(9(13)14)12-10(15)11-6-7-4-5-7/h7-8H,2-6H2,1H3,(H,13,14)(H2,11,12,15)/t8-/m1/s1. The van der Waals surface area contributed by atoms with Crippen LogP contribution in [-0.4, -0.2) is 29.7 Å². The third kappa shape index (κ3) is 4.67. The Balaban J connectivity index is 2.22. The highest BCUT2D eigenvalue weighted by Gasteiger charge is 2.23. The molecular weight excluding hydrogens is 196 g/mol. The highest BCUT2D eigenvalue weighted by Crippen LogP contribution is 2.27. The molecule has 0 aliphatic heterocycles. The van der Waals surface area contributed by atoms with E-state index >= 15 is 0 Å². The van der Waals surface area contributed by atoms with E-state index < -0.39 is 12.0 Å². The van der Waals surface area contributed by atoms with Crippen molar-refractivity contribution in [3.63, 3.8) is 0 Å². The van der Waals surface area contributed by atoms with Gasteiger partial charge in [-0.15, -0.1) is 0 Å². The number of hydrogen-bond donors (Lipinski definition) is 3. The molecule has 0 aromatic carbocycles. The first-order chi connectivity index (χ1) is 7.13. The van der Waals surface area contributed by atoms with E-state index in [-0.39, 0.29) is 6.03 Å². The van der Waals surface area contributed by atoms with E-state index in [1.165, 1.54) is 0 Å². The molecule has 1 aliphatic rings. The van der Waals surface area contributed by atoms with Crippen molar-refractivity contribution in [3.8, 4) is 0 Å². The minimum Gasteiger partial charge on any atom is -0.480 e. The van der Waals surface area contributed by atoms with Crippen molar-refractivity contribution in [3.05, 3.63) is 0 Å². The molecule has 0 unspecified atom stereocenters. The van der Waals surface area contributed by atoms with Crippen LogP contribution in [0, 0.1) is 5.92 Å². The van der Waals surface area contributed by atoms with Crippen LogP contribution < -0.4 is 10.6 Å². The van der Waals surface area contributed by atoms with Crippen molar-refractivity contribution in [1.29, 1.82) is 0 Å². The Bertz CT molecular complexity index is 239. The maximum Gasteiger partial charge on any atom is 0.326 e. The first kappa shape index (κ1) is 11.8. The molecule has 0 aromatic rings. The van der Waals surface area contributed by atoms with Crippen LogP contribution >= 0.6 is 0 Å². The molecule has 2 amide bonds. The van der Waals surface area contributed by atoms with Crippen LogP contribution in [0.2, 0.25) is 0 Å². The first-order valence-electron chi connectivity index (χ1n) is 5.40. The lowest BCUT2D eigenvalue weighted by Crippen LogP contribution is -2.46. The van der Waals surface area contributed by atoms with Gasteiger partial charge in [0.2, 0.25) is 0 Å². The van der Waals surface area contributed by atoms with Crippen LogP contribution in [0.4, 0.5) is 4.79 Å². The molecule has 3 N–H and O–H groups in total. The highest BCUT2D eigenvalue weighted by atomic mass is 16.4. The zero-order chi connectivity index (χ0) is 11.3. The average molecular weight is 214 g/mol. The van der Waals surface area contributed by atoms with Crippen molar-refractivity contribution in [2.24, 2.45) is 5.92 Å². The van der Waals surface area contributed by atoms with Gasteiger partial charge in [-0.1, -0.05) is 13.3 Å². The minimum absolute atomic E-state index is 0.372. The molecule has 0 saturated heterocycles. The number of carboxylic acid groups (broad SMARTS) is 1. The van der Waals surface area contributed by atoms with E-state index in [2.05, 4.69) is 10.6 Å². The summed E-state index contributed by atoms with van der Waals surface area (Å²) in [5, 5.41) is 13.9. The predicted molar refractivity (Wildman–Crippen MR) is 55.6 cm³/mol. The summed E-state index contributed by atoms with van der Waals surface area (Å²) < 4.78 is 0. The number of carbonyl (C=O) groups excluding carboxylic acids is 1. The van der Waals surface area contributed by atoms with Gasteiger partial charge in [0.15, 0.2) is 0 Å². The molecule has 1 rings (SSSR count). The summed E-state index contributed by atoms with van der Waals surface area (Å²) >= 11 is 0. The lowest BCUT2D eigenvalue weighted by atomic mass is 10.2. The third-order valence-corrected chi connectivity index (χ3v) is 2.43. The smallest absolute Gasteiger partial charge is 0.326 e. The maximum atomic E-state index is 11.3. The van der Waals surface area contributed by atoms with E-state index in [4.69, 9.17) is 5.11 Å². The molecule has 5 heteroatoms. The number of urea groups is 1. The van der Waals surface area contributed by atoms with E-state index in [0.29, 0.717) is 18.9 Å². The number of rotatable bonds is 6. The van der Waals surface area contributed by atoms with Gasteiger partial charge in [0.25, 0.3) is 0 Å². The Labute approximate surface area is 89.2 Å². The quantitative estimate of drug-likeness (QED) is 0.616. The average Bonchev–Trinajstić information content (AvgIpc) is 2.97. The Kier molecular flexibility index (Phi) is 4.39. The number of hydrogen-bond acceptors (Lipinski definition) is 2. The van der Waals surface area contributed by atoms with E-state index in [1.807, 2.05) is 6.92 Å². The fraction of sp³-hybridized carbons (Fsp3) is 0.800. The Morgan fingerprint density at radius 3 is 2.60 bits per heavy atom. The predicted octanol–water partition coefficient (Wildman–Crippen LogP) is 0.949. The number of amides is 2. The number of nitrogens with one attached hydrogen (secondary N) is 2. The molecule has 1 saturated carbocycles. The van der Waals surface area contributed by atoms with Crippen LogP contribution in [0.1, 0.15) is 32.6 Å². The highest BCUT2D eigenvalue weighted by molar-refractivity contribution is 5.82. The SMILES string of the molecule is CCC[C@@H](NC(=O)NCC1CC1)C(=O)O. The molecule has 0 bridgehead atoms. The van der Waals surface area contributed by atoms with Crippen LogP contribution in [0.25, 0.3) is 0 Å². The number of carbonyl (C=O) groups is 2. The molecule has 1 aliphatic carbocycles. The Morgan fingerprint density at radius 1 is 1.47 bits per heavy atom. The van der Waals surface area contributed by atoms with Gasteiger partial charge in [0, 0.05) is 6.54 Å². The summed E-state index contributed by atoms with van der Waals surface area (Å²) in [6.45, 7) is 2.55. The van der Waals surface area contributed by atoms with Crippen molar-refractivity contribution in [1.82, 2.24) is 10.6 Å². The van der Waals surface area contributed by atoms with Gasteiger partial charge in [0.1, 0.15) is 6.04 Å². The normalized spacial score (nSPS) is 16.9. The summed E-state index contributed by atoms with van der Waals surface area (Å²) in [4.78, 5) is 22.0. The fourth-order valence-corrected chi connectivity index (χ4v) is 1.31. The van der Waals surface area contributed by atoms with Gasteiger partial charge in [0.05, 0.1) is 0 Å². The second kappa shape index (κ2) is 5.58. The molecule has 5 nitrogen and oxygen atoms in total. The zero-order valence-corrected chi connectivity index (χ0v) is 8.95. The van der Waals surface area contributed by atoms with Gasteiger partial charge in [-0.3, -0.25) is 0 Å². The Morgan fingerprint density at radius 2 is 2.13 bits per heavy atom. The molecule has 0 radical (unpaired) electrons. The molecular formula is C10H18N2O3. The topological polar surface area (TPSA) is 78.4 Å². The van der Waals surface area contributed by atoms with E-state index in [1.54, 1.807) is 0 Å². The zero-order valence-electron chi connectivity index (χ0n) is 8.95. The van der Waals surface area contributed by atoms with Gasteiger partial charge >= 0.3 is 12.0 Å². The van der Waals surface area contributed by atoms with Crippen LogP contribution in [0.3, 0.4) is 0 Å². The largest absolute Gasteiger partial charge is 0.480 e. The van der Waals surface area contributed by atoms with Gasteiger partial charge in [-0.25, -0.2) is 9.59 Å². The number of carboxylic acids is 1. The summed E-state index contributed by atoms with van der Waals surface area (Å²) in [7, 11) is 0. The summed E-state index contributed by atoms with van der Waals surface area (Å²) in [5.74, 6) is -0.372. The van der Waals surface area contributed by atoms with Gasteiger partial charge in [-0.2, -0.15) is 0 Å². The third-order valence-electron chi connectivity index (χ3n) is 2.43. The molecule has 1 atom stereocenters. The lowest BCUT2D eigenvalue weighted by Gasteiger charge is -2.13. The molecule has 15 heavy (non-hydrogen) atoms. The van der Waals surface area contributed by atoms with Crippen molar-refractivity contribution >= 4 is 12.0 Å². The second-order valence-electron chi connectivity index (χ2n) is 3.98. The first-order valence-corrected chi connectivity index (χ1v) is 5.40. The van der Waals surface area contributed by atoms with Gasteiger partial charge in [-0.05, 0) is 25.2 Å². The maximum absolute atomic E-state index is 11.3. The molecule has 1 fully saturated rings. The van der Waals surface area contributed by atoms with Gasteiger partial charge < -0.3 is 15.7 Å². The van der Waals surface area contributed by atoms with E-state index in [9.17, 15) is 9.59 Å². The minimum atomic E-state index is -0.974. The molecule has 86 valence electrons.